The molecule has 126 valence electrons. The summed E-state index contributed by atoms with van der Waals surface area (Å²) in [7, 11) is 0. The molecule has 7 heteroatoms. The van der Waals surface area contributed by atoms with Crippen molar-refractivity contribution >= 4 is 18.0 Å². The van der Waals surface area contributed by atoms with Crippen LogP contribution in [0, 0.1) is 0 Å². The van der Waals surface area contributed by atoms with Crippen molar-refractivity contribution in [3.63, 3.8) is 0 Å². The molecule has 1 atom stereocenters. The largest absolute Gasteiger partial charge is 0.466 e. The van der Waals surface area contributed by atoms with E-state index in [0.717, 1.165) is 12.8 Å². The number of alkyl carbamates (subject to hydrolysis) is 1. The van der Waals surface area contributed by atoms with E-state index in [-0.39, 0.29) is 25.0 Å². The van der Waals surface area contributed by atoms with Crippen molar-refractivity contribution in [3.05, 3.63) is 0 Å². The second-order valence-electron chi connectivity index (χ2n) is 6.31. The first kappa shape index (κ1) is 18.3. The number of carbonyl (C=O) groups excluding carboxylic acids is 3. The summed E-state index contributed by atoms with van der Waals surface area (Å²) < 4.78 is 9.98. The van der Waals surface area contributed by atoms with Crippen LogP contribution in [0.2, 0.25) is 0 Å². The maximum Gasteiger partial charge on any atom is 0.407 e. The Morgan fingerprint density at radius 1 is 1.27 bits per heavy atom. The molecule has 1 heterocycles. The summed E-state index contributed by atoms with van der Waals surface area (Å²) in [5, 5.41) is 2.77. The summed E-state index contributed by atoms with van der Waals surface area (Å²) in [6, 6.07) is -0.158. The molecule has 1 saturated heterocycles. The van der Waals surface area contributed by atoms with E-state index in [1.54, 1.807) is 32.6 Å². The van der Waals surface area contributed by atoms with Gasteiger partial charge in [0.1, 0.15) is 12.0 Å². The maximum atomic E-state index is 12.0. The minimum absolute atomic E-state index is 0.158. The molecule has 22 heavy (non-hydrogen) atoms. The Balaban J connectivity index is 2.45. The monoisotopic (exact) mass is 314 g/mol. The molecule has 0 aliphatic carbocycles. The lowest BCUT2D eigenvalue weighted by molar-refractivity contribution is -0.149. The summed E-state index contributed by atoms with van der Waals surface area (Å²) >= 11 is 0. The second kappa shape index (κ2) is 8.00. The molecule has 1 fully saturated rings. The van der Waals surface area contributed by atoms with E-state index in [1.807, 2.05) is 0 Å². The van der Waals surface area contributed by atoms with Crippen LogP contribution in [-0.4, -0.2) is 54.2 Å². The highest BCUT2D eigenvalue weighted by atomic mass is 16.6. The lowest BCUT2D eigenvalue weighted by Gasteiger charge is -2.33. The van der Waals surface area contributed by atoms with Crippen LogP contribution >= 0.6 is 0 Å². The first-order valence-corrected chi connectivity index (χ1v) is 7.64. The molecular formula is C15H26N2O5. The van der Waals surface area contributed by atoms with E-state index in [9.17, 15) is 14.4 Å². The number of piperidine rings is 1. The highest BCUT2D eigenvalue weighted by Gasteiger charge is 2.27. The van der Waals surface area contributed by atoms with Gasteiger partial charge in [0.2, 0.25) is 5.91 Å². The molecule has 0 bridgehead atoms. The average Bonchev–Trinajstić information content (AvgIpc) is 2.36. The molecule has 0 aromatic rings. The number of hydrogen-bond donors (Lipinski definition) is 1. The molecule has 0 aromatic carbocycles. The summed E-state index contributed by atoms with van der Waals surface area (Å²) in [6.45, 7) is 8.31. The van der Waals surface area contributed by atoms with Gasteiger partial charge in [0.05, 0.1) is 6.61 Å². The standard InChI is InChI=1S/C15H26N2O5/c1-5-21-13(19)9-12(18)17-8-6-7-11(10-17)16-14(20)22-15(2,3)4/h11H,5-10H2,1-4H3,(H,16,20)/t11-/m1/s1. The number of esters is 1. The molecule has 2 amide bonds. The van der Waals surface area contributed by atoms with Gasteiger partial charge in [-0.05, 0) is 40.5 Å². The van der Waals surface area contributed by atoms with E-state index >= 15 is 0 Å². The van der Waals surface area contributed by atoms with E-state index in [2.05, 4.69) is 5.32 Å². The molecule has 0 saturated carbocycles. The van der Waals surface area contributed by atoms with Crippen molar-refractivity contribution in [3.8, 4) is 0 Å². The van der Waals surface area contributed by atoms with Gasteiger partial charge in [-0.2, -0.15) is 0 Å². The molecule has 1 aliphatic rings. The molecule has 7 nitrogen and oxygen atoms in total. The van der Waals surface area contributed by atoms with Crippen LogP contribution in [0.5, 0.6) is 0 Å². The summed E-state index contributed by atoms with van der Waals surface area (Å²) in [5.41, 5.74) is -0.557. The Labute approximate surface area is 131 Å². The zero-order valence-electron chi connectivity index (χ0n) is 13.8. The van der Waals surface area contributed by atoms with E-state index in [4.69, 9.17) is 9.47 Å². The number of ether oxygens (including phenoxy) is 2. The Morgan fingerprint density at radius 3 is 2.55 bits per heavy atom. The highest BCUT2D eigenvalue weighted by Crippen LogP contribution is 2.13. The van der Waals surface area contributed by atoms with Crippen molar-refractivity contribution in [2.75, 3.05) is 19.7 Å². The first-order chi connectivity index (χ1) is 10.2. The van der Waals surface area contributed by atoms with Gasteiger partial charge in [-0.1, -0.05) is 0 Å². The highest BCUT2D eigenvalue weighted by molar-refractivity contribution is 5.94. The number of carbonyl (C=O) groups is 3. The predicted octanol–water partition coefficient (Wildman–Crippen LogP) is 1.46. The van der Waals surface area contributed by atoms with Crippen LogP contribution < -0.4 is 5.32 Å². The van der Waals surface area contributed by atoms with Gasteiger partial charge < -0.3 is 19.7 Å². The normalized spacial score (nSPS) is 18.5. The van der Waals surface area contributed by atoms with Gasteiger partial charge in [0.25, 0.3) is 0 Å². The smallest absolute Gasteiger partial charge is 0.407 e. The third-order valence-electron chi connectivity index (χ3n) is 3.10. The van der Waals surface area contributed by atoms with Crippen molar-refractivity contribution in [2.45, 2.75) is 58.6 Å². The summed E-state index contributed by atoms with van der Waals surface area (Å²) in [4.78, 5) is 36.7. The summed E-state index contributed by atoms with van der Waals surface area (Å²) in [5.74, 6) is -0.788. The van der Waals surface area contributed by atoms with Crippen molar-refractivity contribution < 1.29 is 23.9 Å². The van der Waals surface area contributed by atoms with Gasteiger partial charge in [0.15, 0.2) is 0 Å². The lowest BCUT2D eigenvalue weighted by atomic mass is 10.1. The van der Waals surface area contributed by atoms with Crippen molar-refractivity contribution in [1.29, 1.82) is 0 Å². The van der Waals surface area contributed by atoms with E-state index < -0.39 is 17.7 Å². The van der Waals surface area contributed by atoms with Crippen LogP contribution in [0.4, 0.5) is 4.79 Å². The number of amides is 2. The van der Waals surface area contributed by atoms with Gasteiger partial charge >= 0.3 is 12.1 Å². The fourth-order valence-corrected chi connectivity index (χ4v) is 2.24. The van der Waals surface area contributed by atoms with Gasteiger partial charge in [0, 0.05) is 19.1 Å². The minimum Gasteiger partial charge on any atom is -0.466 e. The third kappa shape index (κ3) is 6.78. The van der Waals surface area contributed by atoms with Gasteiger partial charge in [-0.25, -0.2) is 4.79 Å². The Morgan fingerprint density at radius 2 is 1.95 bits per heavy atom. The maximum absolute atomic E-state index is 12.0. The quantitative estimate of drug-likeness (QED) is 0.627. The molecule has 0 aromatic heterocycles. The first-order valence-electron chi connectivity index (χ1n) is 7.64. The molecule has 0 unspecified atom stereocenters. The minimum atomic E-state index is -0.557. The van der Waals surface area contributed by atoms with E-state index in [1.165, 1.54) is 0 Å². The predicted molar refractivity (Wildman–Crippen MR) is 80.2 cm³/mol. The van der Waals surface area contributed by atoms with Crippen LogP contribution in [0.3, 0.4) is 0 Å². The molecule has 1 rings (SSSR count). The molecule has 0 spiro atoms. The van der Waals surface area contributed by atoms with Crippen molar-refractivity contribution in [2.24, 2.45) is 0 Å². The third-order valence-corrected chi connectivity index (χ3v) is 3.10. The number of rotatable bonds is 4. The topological polar surface area (TPSA) is 84.9 Å². The van der Waals surface area contributed by atoms with E-state index in [0.29, 0.717) is 13.1 Å². The fourth-order valence-electron chi connectivity index (χ4n) is 2.24. The zero-order chi connectivity index (χ0) is 16.8. The number of likely N-dealkylation sites (tertiary alicyclic amines) is 1. The average molecular weight is 314 g/mol. The van der Waals surface area contributed by atoms with Crippen molar-refractivity contribution in [1.82, 2.24) is 10.2 Å². The molecule has 1 aliphatic heterocycles. The van der Waals surface area contributed by atoms with Crippen LogP contribution in [0.25, 0.3) is 0 Å². The SMILES string of the molecule is CCOC(=O)CC(=O)N1CCC[C@@H](NC(=O)OC(C)(C)C)C1. The summed E-state index contributed by atoms with van der Waals surface area (Å²) in [6.07, 6.45) is 0.807. The number of nitrogens with one attached hydrogen (secondary N) is 1. The number of hydrogen-bond acceptors (Lipinski definition) is 5. The Kier molecular flexibility index (Phi) is 6.64. The second-order valence-corrected chi connectivity index (χ2v) is 6.31. The van der Waals surface area contributed by atoms with Crippen LogP contribution in [-0.2, 0) is 19.1 Å². The fraction of sp³-hybridized carbons (Fsp3) is 0.800. The molecule has 1 N–H and O–H groups in total. The van der Waals surface area contributed by atoms with Gasteiger partial charge in [-0.3, -0.25) is 9.59 Å². The molecular weight excluding hydrogens is 288 g/mol. The molecule has 0 radical (unpaired) electrons. The van der Waals surface area contributed by atoms with Gasteiger partial charge in [-0.15, -0.1) is 0 Å². The van der Waals surface area contributed by atoms with Crippen LogP contribution in [0.15, 0.2) is 0 Å². The van der Waals surface area contributed by atoms with Crippen LogP contribution in [0.1, 0.15) is 47.0 Å². The number of nitrogens with zero attached hydrogens (tertiary/aromatic N) is 1. The Hall–Kier alpha value is -1.79. The Bertz CT molecular complexity index is 417. The lowest BCUT2D eigenvalue weighted by Crippen LogP contribution is -2.50. The zero-order valence-corrected chi connectivity index (χ0v) is 13.8.